The van der Waals surface area contributed by atoms with Crippen LogP contribution in [-0.2, 0) is 0 Å². The second-order valence-electron chi connectivity index (χ2n) is 4.08. The van der Waals surface area contributed by atoms with Crippen LogP contribution in [0.4, 0.5) is 0 Å². The smallest absolute Gasteiger partial charge is 0.267 e. The third-order valence-corrected chi connectivity index (χ3v) is 3.44. The van der Waals surface area contributed by atoms with Crippen LogP contribution in [0.5, 0.6) is 0 Å². The summed E-state index contributed by atoms with van der Waals surface area (Å²) in [7, 11) is 0. The van der Waals surface area contributed by atoms with Gasteiger partial charge in [0.25, 0.3) is 5.56 Å². The average molecular weight is 269 g/mol. The van der Waals surface area contributed by atoms with Crippen molar-refractivity contribution < 1.29 is 0 Å². The fourth-order valence-corrected chi connectivity index (χ4v) is 2.51. The average Bonchev–Trinajstić information content (AvgIpc) is 2.79. The van der Waals surface area contributed by atoms with E-state index in [2.05, 4.69) is 10.1 Å². The normalized spacial score (nSPS) is 11.4. The molecule has 2 aromatic heterocycles. The van der Waals surface area contributed by atoms with Crippen molar-refractivity contribution in [1.29, 1.82) is 0 Å². The van der Waals surface area contributed by atoms with E-state index < -0.39 is 0 Å². The molecule has 0 fully saturated rings. The molecule has 5 heteroatoms. The molecule has 3 aromatic rings. The number of rotatable bonds is 2. The van der Waals surface area contributed by atoms with Crippen LogP contribution in [0, 0.1) is 6.92 Å². The number of benzene rings is 1. The maximum absolute atomic E-state index is 11.9. The van der Waals surface area contributed by atoms with E-state index in [1.807, 2.05) is 49.4 Å². The predicted octanol–water partition coefficient (Wildman–Crippen LogP) is 2.63. The molecule has 0 amide bonds. The molecule has 1 aromatic carbocycles. The van der Waals surface area contributed by atoms with Crippen molar-refractivity contribution in [2.24, 2.45) is 0 Å². The lowest BCUT2D eigenvalue weighted by molar-refractivity contribution is 0.879. The number of hydrogen-bond acceptors (Lipinski definition) is 4. The van der Waals surface area contributed by atoms with Crippen LogP contribution in [-0.4, -0.2) is 14.6 Å². The van der Waals surface area contributed by atoms with Crippen LogP contribution in [0.2, 0.25) is 0 Å². The Bertz CT molecular complexity index is 802. The van der Waals surface area contributed by atoms with Crippen molar-refractivity contribution >= 4 is 28.4 Å². The topological polar surface area (TPSA) is 47.3 Å². The minimum Gasteiger partial charge on any atom is -0.267 e. The van der Waals surface area contributed by atoms with Crippen LogP contribution in [0.25, 0.3) is 17.1 Å². The summed E-state index contributed by atoms with van der Waals surface area (Å²) in [6.45, 7) is 1.86. The van der Waals surface area contributed by atoms with E-state index >= 15 is 0 Å². The molecule has 0 saturated carbocycles. The van der Waals surface area contributed by atoms with Gasteiger partial charge in [0.15, 0.2) is 0 Å². The zero-order valence-corrected chi connectivity index (χ0v) is 11.1. The van der Waals surface area contributed by atoms with Gasteiger partial charge >= 0.3 is 0 Å². The summed E-state index contributed by atoms with van der Waals surface area (Å²) in [5.74, 6) is 0. The lowest BCUT2D eigenvalue weighted by Crippen LogP contribution is -2.14. The lowest BCUT2D eigenvalue weighted by atomic mass is 10.2. The molecule has 0 bridgehead atoms. The van der Waals surface area contributed by atoms with Gasteiger partial charge in [0, 0.05) is 6.07 Å². The Hall–Kier alpha value is -2.27. The highest BCUT2D eigenvalue weighted by atomic mass is 32.1. The Morgan fingerprint density at radius 1 is 1.21 bits per heavy atom. The van der Waals surface area contributed by atoms with Gasteiger partial charge in [-0.3, -0.25) is 4.79 Å². The first-order chi connectivity index (χ1) is 9.22. The first kappa shape index (κ1) is 11.8. The summed E-state index contributed by atoms with van der Waals surface area (Å²) in [6.07, 6.45) is 3.78. The Labute approximate surface area is 113 Å². The fraction of sp³-hybridized carbons (Fsp3) is 0.0714. The van der Waals surface area contributed by atoms with E-state index in [-0.39, 0.29) is 5.56 Å². The Kier molecular flexibility index (Phi) is 2.97. The Morgan fingerprint density at radius 3 is 2.79 bits per heavy atom. The molecule has 0 saturated heterocycles. The minimum absolute atomic E-state index is 0.151. The molecule has 0 radical (unpaired) electrons. The van der Waals surface area contributed by atoms with E-state index in [0.717, 1.165) is 10.6 Å². The van der Waals surface area contributed by atoms with Gasteiger partial charge in [-0.15, -0.1) is 0 Å². The van der Waals surface area contributed by atoms with Gasteiger partial charge in [-0.1, -0.05) is 47.7 Å². The first-order valence-corrected chi connectivity index (χ1v) is 6.65. The number of fused-ring (bicyclic) bond motifs is 1. The molecule has 0 atom stereocenters. The van der Waals surface area contributed by atoms with Crippen LogP contribution in [0.1, 0.15) is 16.3 Å². The number of hydrogen-bond donors (Lipinski definition) is 0. The molecule has 19 heavy (non-hydrogen) atoms. The van der Waals surface area contributed by atoms with Crippen molar-refractivity contribution in [2.75, 3.05) is 0 Å². The Balaban J connectivity index is 2.02. The Morgan fingerprint density at radius 2 is 2.00 bits per heavy atom. The molecule has 0 aliphatic carbocycles. The SMILES string of the molecule is Cc1nn2c(=O)cc(C=Cc3ccccc3)nc2s1. The molecule has 0 N–H and O–H groups in total. The number of aromatic nitrogens is 3. The van der Waals surface area contributed by atoms with Crippen LogP contribution in [0.3, 0.4) is 0 Å². The maximum atomic E-state index is 11.9. The molecule has 2 heterocycles. The molecule has 0 spiro atoms. The monoisotopic (exact) mass is 269 g/mol. The summed E-state index contributed by atoms with van der Waals surface area (Å²) in [4.78, 5) is 16.9. The molecule has 0 aliphatic heterocycles. The van der Waals surface area contributed by atoms with Gasteiger partial charge in [0.1, 0.15) is 5.01 Å². The van der Waals surface area contributed by atoms with Gasteiger partial charge < -0.3 is 0 Å². The second kappa shape index (κ2) is 4.78. The quantitative estimate of drug-likeness (QED) is 0.718. The van der Waals surface area contributed by atoms with Gasteiger partial charge in [-0.25, -0.2) is 4.98 Å². The van der Waals surface area contributed by atoms with Crippen molar-refractivity contribution in [3.05, 3.63) is 63.0 Å². The van der Waals surface area contributed by atoms with Gasteiger partial charge in [-0.2, -0.15) is 9.61 Å². The summed E-state index contributed by atoms with van der Waals surface area (Å²) in [5, 5.41) is 4.94. The van der Waals surface area contributed by atoms with Gasteiger partial charge in [0.05, 0.1) is 5.69 Å². The zero-order chi connectivity index (χ0) is 13.2. The van der Waals surface area contributed by atoms with Crippen molar-refractivity contribution in [3.63, 3.8) is 0 Å². The zero-order valence-electron chi connectivity index (χ0n) is 10.3. The fourth-order valence-electron chi connectivity index (χ4n) is 1.75. The second-order valence-corrected chi connectivity index (χ2v) is 5.24. The summed E-state index contributed by atoms with van der Waals surface area (Å²) in [5.41, 5.74) is 1.57. The molecular formula is C14H11N3OS. The third kappa shape index (κ3) is 2.46. The van der Waals surface area contributed by atoms with Crippen LogP contribution < -0.4 is 5.56 Å². The molecule has 94 valence electrons. The van der Waals surface area contributed by atoms with Gasteiger partial charge in [-0.05, 0) is 18.6 Å². The van der Waals surface area contributed by atoms with Crippen molar-refractivity contribution in [2.45, 2.75) is 6.92 Å². The molecule has 0 unspecified atom stereocenters. The summed E-state index contributed by atoms with van der Waals surface area (Å²) >= 11 is 1.41. The predicted molar refractivity (Wildman–Crippen MR) is 77.2 cm³/mol. The first-order valence-electron chi connectivity index (χ1n) is 5.83. The third-order valence-electron chi connectivity index (χ3n) is 2.61. The van der Waals surface area contributed by atoms with Crippen LogP contribution in [0.15, 0.2) is 41.2 Å². The van der Waals surface area contributed by atoms with Gasteiger partial charge in [0.2, 0.25) is 4.96 Å². The molecule has 4 nitrogen and oxygen atoms in total. The number of nitrogens with zero attached hydrogens (tertiary/aromatic N) is 3. The number of aryl methyl sites for hydroxylation is 1. The minimum atomic E-state index is -0.151. The standard InChI is InChI=1S/C14H11N3OS/c1-10-16-17-13(18)9-12(15-14(17)19-10)8-7-11-5-3-2-4-6-11/h2-9H,1H3. The van der Waals surface area contributed by atoms with E-state index in [4.69, 9.17) is 0 Å². The highest BCUT2D eigenvalue weighted by molar-refractivity contribution is 7.16. The molecule has 0 aliphatic rings. The van der Waals surface area contributed by atoms with E-state index in [1.54, 1.807) is 0 Å². The van der Waals surface area contributed by atoms with E-state index in [9.17, 15) is 4.79 Å². The highest BCUT2D eigenvalue weighted by Gasteiger charge is 2.04. The molecular weight excluding hydrogens is 258 g/mol. The van der Waals surface area contributed by atoms with Crippen LogP contribution >= 0.6 is 11.3 Å². The van der Waals surface area contributed by atoms with Crippen molar-refractivity contribution in [3.8, 4) is 0 Å². The van der Waals surface area contributed by atoms with E-state index in [0.29, 0.717) is 10.7 Å². The van der Waals surface area contributed by atoms with Crippen molar-refractivity contribution in [1.82, 2.24) is 14.6 Å². The summed E-state index contributed by atoms with van der Waals surface area (Å²) < 4.78 is 1.33. The van der Waals surface area contributed by atoms with E-state index in [1.165, 1.54) is 21.9 Å². The highest BCUT2D eigenvalue weighted by Crippen LogP contribution is 2.11. The molecule has 3 rings (SSSR count). The maximum Gasteiger partial charge on any atom is 0.275 e. The largest absolute Gasteiger partial charge is 0.275 e. The lowest BCUT2D eigenvalue weighted by Gasteiger charge is -1.94. The summed E-state index contributed by atoms with van der Waals surface area (Å²) in [6, 6.07) is 11.4.